The summed E-state index contributed by atoms with van der Waals surface area (Å²) in [5.74, 6) is -0.520. The number of aromatic nitrogens is 1. The van der Waals surface area contributed by atoms with Crippen LogP contribution in [0.3, 0.4) is 0 Å². The lowest BCUT2D eigenvalue weighted by molar-refractivity contribution is -0.137. The summed E-state index contributed by atoms with van der Waals surface area (Å²) < 4.78 is 40.3. The van der Waals surface area contributed by atoms with Crippen molar-refractivity contribution in [2.24, 2.45) is 0 Å². The van der Waals surface area contributed by atoms with Gasteiger partial charge in [-0.2, -0.15) is 13.2 Å². The molecule has 0 radical (unpaired) electrons. The summed E-state index contributed by atoms with van der Waals surface area (Å²) in [4.78, 5) is 16.7. The Kier molecular flexibility index (Phi) is 5.46. The maximum absolute atomic E-state index is 13.4. The SMILES string of the molecule is CC(C)(C)c1ccc(NC(=O)c2cnccc2-c2ccccc2C(F)(F)F)cc1. The van der Waals surface area contributed by atoms with E-state index in [4.69, 9.17) is 0 Å². The lowest BCUT2D eigenvalue weighted by Crippen LogP contribution is -2.15. The lowest BCUT2D eigenvalue weighted by Gasteiger charge is -2.19. The van der Waals surface area contributed by atoms with Crippen molar-refractivity contribution in [1.29, 1.82) is 0 Å². The first-order valence-electron chi connectivity index (χ1n) is 9.10. The first kappa shape index (κ1) is 20.6. The second-order valence-electron chi connectivity index (χ2n) is 7.75. The number of pyridine rings is 1. The molecule has 29 heavy (non-hydrogen) atoms. The van der Waals surface area contributed by atoms with Crippen molar-refractivity contribution >= 4 is 11.6 Å². The smallest absolute Gasteiger partial charge is 0.322 e. The summed E-state index contributed by atoms with van der Waals surface area (Å²) in [5, 5.41) is 2.75. The van der Waals surface area contributed by atoms with E-state index >= 15 is 0 Å². The molecule has 3 rings (SSSR count). The molecule has 3 aromatic rings. The molecule has 1 amide bonds. The van der Waals surface area contributed by atoms with Crippen molar-refractivity contribution in [2.45, 2.75) is 32.4 Å². The molecule has 0 aliphatic rings. The number of rotatable bonds is 3. The van der Waals surface area contributed by atoms with E-state index in [0.717, 1.165) is 11.6 Å². The maximum Gasteiger partial charge on any atom is 0.417 e. The van der Waals surface area contributed by atoms with Crippen LogP contribution >= 0.6 is 0 Å². The van der Waals surface area contributed by atoms with Crippen LogP contribution in [-0.2, 0) is 11.6 Å². The number of halogens is 3. The molecule has 2 aromatic carbocycles. The van der Waals surface area contributed by atoms with Crippen LogP contribution in [-0.4, -0.2) is 10.9 Å². The van der Waals surface area contributed by atoms with E-state index in [1.54, 1.807) is 12.1 Å². The molecular formula is C23H21F3N2O. The van der Waals surface area contributed by atoms with Gasteiger partial charge in [-0.25, -0.2) is 0 Å². The third-order valence-corrected chi connectivity index (χ3v) is 4.60. The minimum absolute atomic E-state index is 0.0274. The molecule has 1 heterocycles. The fourth-order valence-electron chi connectivity index (χ4n) is 3.03. The quantitative estimate of drug-likeness (QED) is 0.561. The third-order valence-electron chi connectivity index (χ3n) is 4.60. The van der Waals surface area contributed by atoms with Crippen LogP contribution in [0.4, 0.5) is 18.9 Å². The summed E-state index contributed by atoms with van der Waals surface area (Å²) in [6.45, 7) is 6.25. The van der Waals surface area contributed by atoms with E-state index in [2.05, 4.69) is 31.1 Å². The summed E-state index contributed by atoms with van der Waals surface area (Å²) >= 11 is 0. The van der Waals surface area contributed by atoms with Crippen molar-refractivity contribution < 1.29 is 18.0 Å². The van der Waals surface area contributed by atoms with Crippen LogP contribution in [0.1, 0.15) is 42.3 Å². The molecule has 0 aliphatic heterocycles. The fourth-order valence-corrected chi connectivity index (χ4v) is 3.03. The standard InChI is InChI=1S/C23H21F3N2O/c1-22(2,3)15-8-10-16(11-9-15)28-21(29)19-14-27-13-12-17(19)18-6-4-5-7-20(18)23(24,25)26/h4-14H,1-3H3,(H,28,29). The molecule has 1 N–H and O–H groups in total. The van der Waals surface area contributed by atoms with Crippen LogP contribution in [0.5, 0.6) is 0 Å². The predicted molar refractivity (Wildman–Crippen MR) is 108 cm³/mol. The number of anilines is 1. The first-order valence-corrected chi connectivity index (χ1v) is 9.10. The van der Waals surface area contributed by atoms with Gasteiger partial charge >= 0.3 is 6.18 Å². The van der Waals surface area contributed by atoms with Gasteiger partial charge in [0.25, 0.3) is 5.91 Å². The molecule has 3 nitrogen and oxygen atoms in total. The molecule has 0 spiro atoms. The number of carbonyl (C=O) groups excluding carboxylic acids is 1. The minimum Gasteiger partial charge on any atom is -0.322 e. The monoisotopic (exact) mass is 398 g/mol. The Hall–Kier alpha value is -3.15. The van der Waals surface area contributed by atoms with Gasteiger partial charge in [-0.05, 0) is 46.4 Å². The van der Waals surface area contributed by atoms with Gasteiger partial charge in [-0.1, -0.05) is 51.1 Å². The Morgan fingerprint density at radius 2 is 1.55 bits per heavy atom. The second kappa shape index (κ2) is 7.70. The highest BCUT2D eigenvalue weighted by atomic mass is 19.4. The Morgan fingerprint density at radius 3 is 2.17 bits per heavy atom. The number of hydrogen-bond donors (Lipinski definition) is 1. The van der Waals surface area contributed by atoms with Gasteiger partial charge in [0.1, 0.15) is 0 Å². The largest absolute Gasteiger partial charge is 0.417 e. The first-order chi connectivity index (χ1) is 13.6. The topological polar surface area (TPSA) is 42.0 Å². The minimum atomic E-state index is -4.53. The molecule has 6 heteroatoms. The molecule has 0 fully saturated rings. The number of carbonyl (C=O) groups is 1. The molecular weight excluding hydrogens is 377 g/mol. The fraction of sp³-hybridized carbons (Fsp3) is 0.217. The summed E-state index contributed by atoms with van der Waals surface area (Å²) in [5.41, 5.74) is 1.03. The Balaban J connectivity index is 1.95. The zero-order valence-electron chi connectivity index (χ0n) is 16.3. The van der Waals surface area contributed by atoms with E-state index in [1.807, 2.05) is 12.1 Å². The Labute approximate surface area is 167 Å². The van der Waals surface area contributed by atoms with Crippen LogP contribution in [0.25, 0.3) is 11.1 Å². The van der Waals surface area contributed by atoms with Gasteiger partial charge in [0.05, 0.1) is 11.1 Å². The van der Waals surface area contributed by atoms with Gasteiger partial charge in [-0.15, -0.1) is 0 Å². The zero-order valence-corrected chi connectivity index (χ0v) is 16.3. The number of nitrogens with one attached hydrogen (secondary N) is 1. The third kappa shape index (κ3) is 4.65. The number of hydrogen-bond acceptors (Lipinski definition) is 2. The summed E-state index contributed by atoms with van der Waals surface area (Å²) in [6, 6.07) is 14.0. The van der Waals surface area contributed by atoms with Crippen molar-refractivity contribution in [1.82, 2.24) is 4.98 Å². The van der Waals surface area contributed by atoms with Crippen molar-refractivity contribution in [2.75, 3.05) is 5.32 Å². The average molecular weight is 398 g/mol. The Bertz CT molecular complexity index is 1020. The highest BCUT2D eigenvalue weighted by molar-refractivity contribution is 6.08. The van der Waals surface area contributed by atoms with Crippen LogP contribution in [0, 0.1) is 0 Å². The normalized spacial score (nSPS) is 11.9. The zero-order chi connectivity index (χ0) is 21.2. The number of nitrogens with zero attached hydrogens (tertiary/aromatic N) is 1. The molecule has 0 saturated heterocycles. The van der Waals surface area contributed by atoms with Crippen molar-refractivity contribution in [3.63, 3.8) is 0 Å². The maximum atomic E-state index is 13.4. The van der Waals surface area contributed by atoms with Crippen LogP contribution in [0.15, 0.2) is 67.0 Å². The Morgan fingerprint density at radius 1 is 0.897 bits per heavy atom. The lowest BCUT2D eigenvalue weighted by atomic mass is 9.87. The van der Waals surface area contributed by atoms with E-state index in [0.29, 0.717) is 5.69 Å². The van der Waals surface area contributed by atoms with Crippen LogP contribution < -0.4 is 5.32 Å². The molecule has 1 aromatic heterocycles. The number of alkyl halides is 3. The van der Waals surface area contributed by atoms with Gasteiger partial charge in [0, 0.05) is 18.1 Å². The molecule has 0 unspecified atom stereocenters. The van der Waals surface area contributed by atoms with Gasteiger partial charge in [0.15, 0.2) is 0 Å². The number of benzene rings is 2. The van der Waals surface area contributed by atoms with E-state index in [1.165, 1.54) is 36.7 Å². The predicted octanol–water partition coefficient (Wildman–Crippen LogP) is 6.32. The average Bonchev–Trinajstić information content (AvgIpc) is 2.67. The molecule has 0 atom stereocenters. The van der Waals surface area contributed by atoms with Crippen LogP contribution in [0.2, 0.25) is 0 Å². The molecule has 0 bridgehead atoms. The van der Waals surface area contributed by atoms with E-state index in [-0.39, 0.29) is 22.1 Å². The molecule has 0 aliphatic carbocycles. The number of amides is 1. The molecule has 0 saturated carbocycles. The van der Waals surface area contributed by atoms with Gasteiger partial charge in [-0.3, -0.25) is 9.78 Å². The van der Waals surface area contributed by atoms with Gasteiger partial charge in [0.2, 0.25) is 0 Å². The highest BCUT2D eigenvalue weighted by Gasteiger charge is 2.34. The summed E-state index contributed by atoms with van der Waals surface area (Å²) in [7, 11) is 0. The highest BCUT2D eigenvalue weighted by Crippen LogP contribution is 2.38. The second-order valence-corrected chi connectivity index (χ2v) is 7.75. The van der Waals surface area contributed by atoms with E-state index in [9.17, 15) is 18.0 Å². The van der Waals surface area contributed by atoms with Crippen molar-refractivity contribution in [3.05, 3.63) is 83.7 Å². The summed E-state index contributed by atoms with van der Waals surface area (Å²) in [6.07, 6.45) is -1.88. The molecule has 150 valence electrons. The van der Waals surface area contributed by atoms with E-state index < -0.39 is 17.6 Å². The van der Waals surface area contributed by atoms with Crippen molar-refractivity contribution in [3.8, 4) is 11.1 Å². The van der Waals surface area contributed by atoms with Gasteiger partial charge < -0.3 is 5.32 Å².